The Labute approximate surface area is 128 Å². The van der Waals surface area contributed by atoms with Crippen LogP contribution in [0.2, 0.25) is 5.02 Å². The molecule has 0 saturated heterocycles. The molecule has 2 nitrogen and oxygen atoms in total. The van der Waals surface area contributed by atoms with Gasteiger partial charge >= 0.3 is 0 Å². The van der Waals surface area contributed by atoms with Gasteiger partial charge in [0.05, 0.1) is 6.42 Å². The van der Waals surface area contributed by atoms with Crippen LogP contribution in [-0.4, -0.2) is 5.91 Å². The lowest BCUT2D eigenvalue weighted by Crippen LogP contribution is -2.24. The molecule has 20 heavy (non-hydrogen) atoms. The van der Waals surface area contributed by atoms with Crippen LogP contribution in [0.25, 0.3) is 0 Å². The maximum absolute atomic E-state index is 11.8. The van der Waals surface area contributed by atoms with Crippen molar-refractivity contribution in [2.75, 3.05) is 0 Å². The van der Waals surface area contributed by atoms with E-state index in [4.69, 9.17) is 23.2 Å². The molecule has 4 heteroatoms. The lowest BCUT2D eigenvalue weighted by Gasteiger charge is -2.06. The summed E-state index contributed by atoms with van der Waals surface area (Å²) in [4.78, 5) is 11.8. The number of amides is 1. The van der Waals surface area contributed by atoms with Crippen LogP contribution in [0.5, 0.6) is 0 Å². The van der Waals surface area contributed by atoms with Crippen molar-refractivity contribution in [1.82, 2.24) is 5.32 Å². The second-order valence-corrected chi connectivity index (χ2v) is 5.24. The Bertz CT molecular complexity index is 581. The van der Waals surface area contributed by atoms with Gasteiger partial charge in [-0.2, -0.15) is 0 Å². The van der Waals surface area contributed by atoms with E-state index in [0.29, 0.717) is 23.9 Å². The molecule has 1 amide bonds. The van der Waals surface area contributed by atoms with E-state index >= 15 is 0 Å². The summed E-state index contributed by atoms with van der Waals surface area (Å²) in [6, 6.07) is 15.2. The van der Waals surface area contributed by atoms with Gasteiger partial charge in [-0.15, -0.1) is 11.6 Å². The molecule has 0 heterocycles. The van der Waals surface area contributed by atoms with Gasteiger partial charge in [-0.25, -0.2) is 0 Å². The van der Waals surface area contributed by atoms with Crippen molar-refractivity contribution in [1.29, 1.82) is 0 Å². The van der Waals surface area contributed by atoms with Gasteiger partial charge in [0.25, 0.3) is 0 Å². The molecule has 2 aromatic carbocycles. The van der Waals surface area contributed by atoms with Crippen molar-refractivity contribution < 1.29 is 4.79 Å². The van der Waals surface area contributed by atoms with E-state index in [1.807, 2.05) is 36.4 Å². The predicted octanol–water partition coefficient (Wildman–Crippen LogP) is 3.94. The van der Waals surface area contributed by atoms with Crippen molar-refractivity contribution >= 4 is 29.1 Å². The summed E-state index contributed by atoms with van der Waals surface area (Å²) in [5.41, 5.74) is 3.03. The number of rotatable bonds is 5. The Morgan fingerprint density at radius 3 is 2.35 bits per heavy atom. The number of benzene rings is 2. The number of carbonyl (C=O) groups excluding carboxylic acids is 1. The minimum absolute atomic E-state index is 0.0197. The highest BCUT2D eigenvalue weighted by Crippen LogP contribution is 2.11. The summed E-state index contributed by atoms with van der Waals surface area (Å²) in [5, 5.41) is 3.53. The fourth-order valence-electron chi connectivity index (χ4n) is 1.84. The molecule has 0 saturated carbocycles. The Hall–Kier alpha value is -1.51. The summed E-state index contributed by atoms with van der Waals surface area (Å²) >= 11 is 11.6. The molecule has 0 fully saturated rings. The van der Waals surface area contributed by atoms with Gasteiger partial charge in [0, 0.05) is 17.4 Å². The summed E-state index contributed by atoms with van der Waals surface area (Å²) in [6.07, 6.45) is 0.334. The molecule has 0 aliphatic carbocycles. The van der Waals surface area contributed by atoms with Gasteiger partial charge in [0.1, 0.15) is 0 Å². The zero-order valence-electron chi connectivity index (χ0n) is 10.9. The first-order valence-corrected chi connectivity index (χ1v) is 7.23. The first kappa shape index (κ1) is 14.9. The van der Waals surface area contributed by atoms with Crippen molar-refractivity contribution in [3.8, 4) is 0 Å². The molecule has 0 bridgehead atoms. The van der Waals surface area contributed by atoms with Gasteiger partial charge < -0.3 is 5.32 Å². The number of alkyl halides is 1. The van der Waals surface area contributed by atoms with Crippen molar-refractivity contribution in [2.45, 2.75) is 18.8 Å². The first-order valence-electron chi connectivity index (χ1n) is 6.32. The SMILES string of the molecule is O=C(Cc1cccc(Cl)c1)NCc1ccc(CCl)cc1. The van der Waals surface area contributed by atoms with Gasteiger partial charge in [-0.3, -0.25) is 4.79 Å². The van der Waals surface area contributed by atoms with E-state index in [-0.39, 0.29) is 5.91 Å². The highest BCUT2D eigenvalue weighted by Gasteiger charge is 2.04. The third-order valence-corrected chi connectivity index (χ3v) is 3.46. The van der Waals surface area contributed by atoms with Crippen LogP contribution in [0.1, 0.15) is 16.7 Å². The fraction of sp³-hybridized carbons (Fsp3) is 0.188. The van der Waals surface area contributed by atoms with Crippen molar-refractivity contribution in [2.24, 2.45) is 0 Å². The smallest absolute Gasteiger partial charge is 0.224 e. The van der Waals surface area contributed by atoms with Crippen LogP contribution < -0.4 is 5.32 Å². The van der Waals surface area contributed by atoms with Crippen molar-refractivity contribution in [3.05, 3.63) is 70.2 Å². The standard InChI is InChI=1S/C16H15Cl2NO/c17-10-12-4-6-13(7-5-12)11-19-16(20)9-14-2-1-3-15(18)8-14/h1-8H,9-11H2,(H,19,20). The second-order valence-electron chi connectivity index (χ2n) is 4.53. The van der Waals surface area contributed by atoms with Gasteiger partial charge in [-0.05, 0) is 28.8 Å². The fourth-order valence-corrected chi connectivity index (χ4v) is 2.23. The molecular formula is C16H15Cl2NO. The Kier molecular flexibility index (Phi) is 5.45. The maximum Gasteiger partial charge on any atom is 0.224 e. The van der Waals surface area contributed by atoms with Crippen LogP contribution >= 0.6 is 23.2 Å². The third kappa shape index (κ3) is 4.55. The number of hydrogen-bond acceptors (Lipinski definition) is 1. The second kappa shape index (κ2) is 7.32. The average Bonchev–Trinajstić information content (AvgIpc) is 2.46. The molecular weight excluding hydrogens is 293 g/mol. The molecule has 2 aromatic rings. The molecule has 0 aliphatic rings. The molecule has 0 unspecified atom stereocenters. The molecule has 0 aliphatic heterocycles. The minimum atomic E-state index is -0.0197. The molecule has 1 N–H and O–H groups in total. The molecule has 0 atom stereocenters. The number of carbonyl (C=O) groups is 1. The van der Waals surface area contributed by atoms with Crippen LogP contribution in [-0.2, 0) is 23.6 Å². The molecule has 0 spiro atoms. The molecule has 2 rings (SSSR count). The minimum Gasteiger partial charge on any atom is -0.352 e. The number of nitrogens with one attached hydrogen (secondary N) is 1. The zero-order valence-corrected chi connectivity index (χ0v) is 12.4. The maximum atomic E-state index is 11.8. The zero-order chi connectivity index (χ0) is 14.4. The quantitative estimate of drug-likeness (QED) is 0.833. The predicted molar refractivity (Wildman–Crippen MR) is 83.0 cm³/mol. The van der Waals surface area contributed by atoms with E-state index in [2.05, 4.69) is 5.32 Å². The van der Waals surface area contributed by atoms with E-state index in [0.717, 1.165) is 16.7 Å². The number of halogens is 2. The first-order chi connectivity index (χ1) is 9.67. The van der Waals surface area contributed by atoms with Gasteiger partial charge in [-0.1, -0.05) is 48.0 Å². The molecule has 104 valence electrons. The Morgan fingerprint density at radius 2 is 1.70 bits per heavy atom. The van der Waals surface area contributed by atoms with Crippen LogP contribution in [0.15, 0.2) is 48.5 Å². The summed E-state index contributed by atoms with van der Waals surface area (Å²) in [5.74, 6) is 0.482. The summed E-state index contributed by atoms with van der Waals surface area (Å²) in [7, 11) is 0. The largest absolute Gasteiger partial charge is 0.352 e. The normalized spacial score (nSPS) is 10.3. The Morgan fingerprint density at radius 1 is 1.00 bits per heavy atom. The van der Waals surface area contributed by atoms with E-state index in [1.165, 1.54) is 0 Å². The third-order valence-electron chi connectivity index (χ3n) is 2.92. The summed E-state index contributed by atoms with van der Waals surface area (Å²) in [6.45, 7) is 0.516. The van der Waals surface area contributed by atoms with E-state index in [1.54, 1.807) is 12.1 Å². The highest BCUT2D eigenvalue weighted by molar-refractivity contribution is 6.30. The van der Waals surface area contributed by atoms with Crippen LogP contribution in [0.3, 0.4) is 0 Å². The molecule has 0 radical (unpaired) electrons. The van der Waals surface area contributed by atoms with Gasteiger partial charge in [0.2, 0.25) is 5.91 Å². The highest BCUT2D eigenvalue weighted by atomic mass is 35.5. The van der Waals surface area contributed by atoms with E-state index < -0.39 is 0 Å². The Balaban J connectivity index is 1.85. The number of hydrogen-bond donors (Lipinski definition) is 1. The van der Waals surface area contributed by atoms with Gasteiger partial charge in [0.15, 0.2) is 0 Å². The van der Waals surface area contributed by atoms with E-state index in [9.17, 15) is 4.79 Å². The lowest BCUT2D eigenvalue weighted by molar-refractivity contribution is -0.120. The van der Waals surface area contributed by atoms with Crippen molar-refractivity contribution in [3.63, 3.8) is 0 Å². The average molecular weight is 308 g/mol. The van der Waals surface area contributed by atoms with Crippen LogP contribution in [0.4, 0.5) is 0 Å². The topological polar surface area (TPSA) is 29.1 Å². The molecule has 0 aromatic heterocycles. The lowest BCUT2D eigenvalue weighted by atomic mass is 10.1. The monoisotopic (exact) mass is 307 g/mol. The summed E-state index contributed by atoms with van der Waals surface area (Å²) < 4.78 is 0. The van der Waals surface area contributed by atoms with Crippen LogP contribution in [0, 0.1) is 0 Å².